The molecule has 16 heavy (non-hydrogen) atoms. The van der Waals surface area contributed by atoms with Gasteiger partial charge >= 0.3 is 5.97 Å². The Kier molecular flexibility index (Phi) is 6.88. The van der Waals surface area contributed by atoms with Crippen LogP contribution in [0.4, 0.5) is 0 Å². The molecule has 0 bridgehead atoms. The summed E-state index contributed by atoms with van der Waals surface area (Å²) >= 11 is 0. The number of unbranched alkanes of at least 4 members (excludes halogenated alkanes) is 2. The fraction of sp³-hybridized carbons (Fsp3) is 0.786. The average Bonchev–Trinajstić information content (AvgIpc) is 2.14. The van der Waals surface area contributed by atoms with E-state index < -0.39 is 0 Å². The van der Waals surface area contributed by atoms with E-state index in [4.69, 9.17) is 4.74 Å². The van der Waals surface area contributed by atoms with E-state index in [2.05, 4.69) is 32.6 Å². The van der Waals surface area contributed by atoms with Crippen LogP contribution in [0.1, 0.15) is 53.9 Å². The van der Waals surface area contributed by atoms with Crippen molar-refractivity contribution in [3.63, 3.8) is 0 Å². The summed E-state index contributed by atoms with van der Waals surface area (Å²) in [6.45, 7) is 10.5. The minimum absolute atomic E-state index is 0.0271. The lowest BCUT2D eigenvalue weighted by Gasteiger charge is -2.07. The number of rotatable bonds is 5. The van der Waals surface area contributed by atoms with Gasteiger partial charge in [0, 0.05) is 11.8 Å². The Hall–Kier alpha value is -0.970. The van der Waals surface area contributed by atoms with Crippen molar-refractivity contribution in [3.8, 4) is 11.8 Å². The quantitative estimate of drug-likeness (QED) is 0.406. The van der Waals surface area contributed by atoms with Gasteiger partial charge < -0.3 is 4.74 Å². The Bertz CT molecular complexity index is 261. The second-order valence-corrected chi connectivity index (χ2v) is 5.33. The lowest BCUT2D eigenvalue weighted by atomic mass is 9.98. The first-order valence-electron chi connectivity index (χ1n) is 5.99. The Labute approximate surface area is 99.8 Å². The minimum atomic E-state index is -0.110. The van der Waals surface area contributed by atoms with Gasteiger partial charge in [0.1, 0.15) is 0 Å². The molecular weight excluding hydrogens is 200 g/mol. The van der Waals surface area contributed by atoms with E-state index in [1.807, 2.05) is 13.8 Å². The highest BCUT2D eigenvalue weighted by Crippen LogP contribution is 2.10. The van der Waals surface area contributed by atoms with Gasteiger partial charge in [-0.15, -0.1) is 5.92 Å². The SMILES string of the molecule is CC(C)C(=O)OCCCCC#CC(C)(C)C. The third kappa shape index (κ3) is 9.58. The predicted octanol–water partition coefficient (Wildman–Crippen LogP) is 3.41. The van der Waals surface area contributed by atoms with Crippen LogP contribution in [0, 0.1) is 23.2 Å². The fourth-order valence-electron chi connectivity index (χ4n) is 0.983. The zero-order valence-electron chi connectivity index (χ0n) is 11.2. The number of hydrogen-bond donors (Lipinski definition) is 0. The summed E-state index contributed by atoms with van der Waals surface area (Å²) in [4.78, 5) is 11.1. The Balaban J connectivity index is 3.48. The van der Waals surface area contributed by atoms with Gasteiger partial charge in [-0.2, -0.15) is 0 Å². The summed E-state index contributed by atoms with van der Waals surface area (Å²) in [7, 11) is 0. The lowest BCUT2D eigenvalue weighted by Crippen LogP contribution is -2.12. The predicted molar refractivity (Wildman–Crippen MR) is 66.9 cm³/mol. The second kappa shape index (κ2) is 7.33. The number of carbonyl (C=O) groups excluding carboxylic acids is 1. The van der Waals surface area contributed by atoms with Gasteiger partial charge in [-0.3, -0.25) is 4.79 Å². The first kappa shape index (κ1) is 15.0. The maximum atomic E-state index is 11.1. The number of esters is 1. The summed E-state index contributed by atoms with van der Waals surface area (Å²) in [5, 5.41) is 0. The number of hydrogen-bond acceptors (Lipinski definition) is 2. The Morgan fingerprint density at radius 1 is 1.25 bits per heavy atom. The third-order valence-electron chi connectivity index (χ3n) is 1.88. The van der Waals surface area contributed by atoms with Crippen LogP contribution >= 0.6 is 0 Å². The molecule has 0 aliphatic rings. The van der Waals surface area contributed by atoms with Crippen molar-refractivity contribution in [2.45, 2.75) is 53.9 Å². The molecular formula is C14H24O2. The first-order chi connectivity index (χ1) is 7.33. The van der Waals surface area contributed by atoms with Crippen LogP contribution in [-0.2, 0) is 9.53 Å². The molecule has 2 nitrogen and oxygen atoms in total. The molecule has 0 aromatic heterocycles. The molecule has 0 N–H and O–H groups in total. The molecule has 2 heteroatoms. The van der Waals surface area contributed by atoms with Crippen LogP contribution in [0.2, 0.25) is 0 Å². The van der Waals surface area contributed by atoms with Crippen LogP contribution in [0.5, 0.6) is 0 Å². The number of carbonyl (C=O) groups is 1. The van der Waals surface area contributed by atoms with Crippen molar-refractivity contribution in [2.24, 2.45) is 11.3 Å². The third-order valence-corrected chi connectivity index (χ3v) is 1.88. The summed E-state index contributed by atoms with van der Waals surface area (Å²) in [6, 6.07) is 0. The van der Waals surface area contributed by atoms with Crippen molar-refractivity contribution >= 4 is 5.97 Å². The normalized spacial score (nSPS) is 10.9. The van der Waals surface area contributed by atoms with Crippen molar-refractivity contribution in [2.75, 3.05) is 6.61 Å². The molecule has 0 aromatic carbocycles. The summed E-state index contributed by atoms with van der Waals surface area (Å²) in [6.07, 6.45) is 2.78. The molecule has 0 rings (SSSR count). The van der Waals surface area contributed by atoms with Crippen molar-refractivity contribution in [1.29, 1.82) is 0 Å². The fourth-order valence-corrected chi connectivity index (χ4v) is 0.983. The van der Waals surface area contributed by atoms with Gasteiger partial charge in [-0.1, -0.05) is 19.8 Å². The van der Waals surface area contributed by atoms with Gasteiger partial charge in [0.2, 0.25) is 0 Å². The first-order valence-corrected chi connectivity index (χ1v) is 5.99. The second-order valence-electron chi connectivity index (χ2n) is 5.33. The molecule has 0 saturated carbocycles. The van der Waals surface area contributed by atoms with Crippen LogP contribution < -0.4 is 0 Å². The molecule has 0 atom stereocenters. The molecule has 0 aliphatic heterocycles. The summed E-state index contributed by atoms with van der Waals surface area (Å²) in [5.74, 6) is 6.19. The highest BCUT2D eigenvalue weighted by molar-refractivity contribution is 5.71. The average molecular weight is 224 g/mol. The van der Waals surface area contributed by atoms with E-state index in [1.165, 1.54) is 0 Å². The molecule has 0 saturated heterocycles. The Morgan fingerprint density at radius 3 is 2.38 bits per heavy atom. The maximum absolute atomic E-state index is 11.1. The van der Waals surface area contributed by atoms with E-state index in [9.17, 15) is 4.79 Å². The smallest absolute Gasteiger partial charge is 0.308 e. The van der Waals surface area contributed by atoms with Crippen molar-refractivity contribution in [3.05, 3.63) is 0 Å². The van der Waals surface area contributed by atoms with E-state index >= 15 is 0 Å². The van der Waals surface area contributed by atoms with Gasteiger partial charge in [0.25, 0.3) is 0 Å². The topological polar surface area (TPSA) is 26.3 Å². The molecule has 0 spiro atoms. The lowest BCUT2D eigenvalue weighted by molar-refractivity contribution is -0.147. The van der Waals surface area contributed by atoms with Crippen molar-refractivity contribution in [1.82, 2.24) is 0 Å². The van der Waals surface area contributed by atoms with E-state index in [-0.39, 0.29) is 17.3 Å². The molecule has 0 amide bonds. The highest BCUT2D eigenvalue weighted by atomic mass is 16.5. The van der Waals surface area contributed by atoms with Crippen molar-refractivity contribution < 1.29 is 9.53 Å². The van der Waals surface area contributed by atoms with Gasteiger partial charge in [0.15, 0.2) is 0 Å². The van der Waals surface area contributed by atoms with Gasteiger partial charge in [0.05, 0.1) is 12.5 Å². The zero-order valence-corrected chi connectivity index (χ0v) is 11.2. The zero-order chi connectivity index (χ0) is 12.6. The molecule has 92 valence electrons. The standard InChI is InChI=1S/C14H24O2/c1-12(2)13(15)16-11-9-7-6-8-10-14(3,4)5/h12H,6-7,9,11H2,1-5H3. The maximum Gasteiger partial charge on any atom is 0.308 e. The molecule has 0 heterocycles. The molecule has 0 fully saturated rings. The Morgan fingerprint density at radius 2 is 1.88 bits per heavy atom. The van der Waals surface area contributed by atoms with Crippen LogP contribution in [0.15, 0.2) is 0 Å². The van der Waals surface area contributed by atoms with Gasteiger partial charge in [-0.25, -0.2) is 0 Å². The van der Waals surface area contributed by atoms with Crippen LogP contribution in [-0.4, -0.2) is 12.6 Å². The largest absolute Gasteiger partial charge is 0.465 e. The highest BCUT2D eigenvalue weighted by Gasteiger charge is 2.06. The number of ether oxygens (including phenoxy) is 1. The van der Waals surface area contributed by atoms with Crippen LogP contribution in [0.3, 0.4) is 0 Å². The van der Waals surface area contributed by atoms with E-state index in [1.54, 1.807) is 0 Å². The summed E-state index contributed by atoms with van der Waals surface area (Å²) in [5.41, 5.74) is 0.0874. The van der Waals surface area contributed by atoms with Crippen LogP contribution in [0.25, 0.3) is 0 Å². The monoisotopic (exact) mass is 224 g/mol. The van der Waals surface area contributed by atoms with E-state index in [0.717, 1.165) is 19.3 Å². The molecule has 0 aliphatic carbocycles. The minimum Gasteiger partial charge on any atom is -0.465 e. The molecule has 0 unspecified atom stereocenters. The summed E-state index contributed by atoms with van der Waals surface area (Å²) < 4.78 is 5.06. The molecule has 0 radical (unpaired) electrons. The van der Waals surface area contributed by atoms with Gasteiger partial charge in [-0.05, 0) is 33.6 Å². The van der Waals surface area contributed by atoms with E-state index in [0.29, 0.717) is 6.61 Å². The molecule has 0 aromatic rings.